The Labute approximate surface area is 119 Å². The van der Waals surface area contributed by atoms with E-state index in [1.807, 2.05) is 51.2 Å². The summed E-state index contributed by atoms with van der Waals surface area (Å²) in [6, 6.07) is 7.95. The van der Waals surface area contributed by atoms with Gasteiger partial charge in [0.25, 0.3) is 5.91 Å². The van der Waals surface area contributed by atoms with Crippen molar-refractivity contribution in [2.45, 2.75) is 32.9 Å². The van der Waals surface area contributed by atoms with Crippen LogP contribution < -0.4 is 5.32 Å². The van der Waals surface area contributed by atoms with Gasteiger partial charge in [0.1, 0.15) is 0 Å². The molecule has 1 N–H and O–H groups in total. The second kappa shape index (κ2) is 5.67. The number of ether oxygens (including phenoxy) is 1. The molecule has 0 saturated heterocycles. The number of nitrogens with one attached hydrogen (secondary N) is 1. The van der Waals surface area contributed by atoms with E-state index in [4.69, 9.17) is 4.74 Å². The fourth-order valence-electron chi connectivity index (χ4n) is 2.21. The second-order valence-electron chi connectivity index (χ2n) is 5.95. The SMILES string of the molecule is COCCn1cc(C(=O)NC(C)(C)C)c2ccccc21. The van der Waals surface area contributed by atoms with Crippen LogP contribution in [0.3, 0.4) is 0 Å². The standard InChI is InChI=1S/C16H22N2O2/c1-16(2,3)17-15(19)13-11-18(9-10-20-4)14-8-6-5-7-12(13)14/h5-8,11H,9-10H2,1-4H3,(H,17,19). The Morgan fingerprint density at radius 2 is 2.00 bits per heavy atom. The van der Waals surface area contributed by atoms with E-state index >= 15 is 0 Å². The van der Waals surface area contributed by atoms with E-state index < -0.39 is 0 Å². The van der Waals surface area contributed by atoms with Crippen LogP contribution in [0, 0.1) is 0 Å². The van der Waals surface area contributed by atoms with E-state index in [2.05, 4.69) is 9.88 Å². The Kier molecular flexibility index (Phi) is 4.14. The van der Waals surface area contributed by atoms with E-state index in [1.54, 1.807) is 7.11 Å². The minimum atomic E-state index is -0.243. The molecule has 1 aromatic carbocycles. The highest BCUT2D eigenvalue weighted by molar-refractivity contribution is 6.07. The molecule has 108 valence electrons. The van der Waals surface area contributed by atoms with Crippen LogP contribution in [-0.2, 0) is 11.3 Å². The van der Waals surface area contributed by atoms with Crippen LogP contribution in [0.5, 0.6) is 0 Å². The molecule has 0 aliphatic rings. The van der Waals surface area contributed by atoms with Crippen molar-refractivity contribution in [3.05, 3.63) is 36.0 Å². The zero-order valence-corrected chi connectivity index (χ0v) is 12.6. The van der Waals surface area contributed by atoms with Crippen molar-refractivity contribution in [2.75, 3.05) is 13.7 Å². The smallest absolute Gasteiger partial charge is 0.253 e. The summed E-state index contributed by atoms with van der Waals surface area (Å²) in [4.78, 5) is 12.4. The lowest BCUT2D eigenvalue weighted by Crippen LogP contribution is -2.40. The largest absolute Gasteiger partial charge is 0.383 e. The Balaban J connectivity index is 2.40. The lowest BCUT2D eigenvalue weighted by Gasteiger charge is -2.20. The normalized spacial score (nSPS) is 11.8. The van der Waals surface area contributed by atoms with Gasteiger partial charge in [-0.2, -0.15) is 0 Å². The van der Waals surface area contributed by atoms with Crippen LogP contribution >= 0.6 is 0 Å². The summed E-state index contributed by atoms with van der Waals surface area (Å²) >= 11 is 0. The van der Waals surface area contributed by atoms with Gasteiger partial charge in [-0.15, -0.1) is 0 Å². The predicted molar refractivity (Wildman–Crippen MR) is 81.0 cm³/mol. The van der Waals surface area contributed by atoms with E-state index in [9.17, 15) is 4.79 Å². The number of nitrogens with zero attached hydrogens (tertiary/aromatic N) is 1. The molecule has 4 heteroatoms. The number of methoxy groups -OCH3 is 1. The van der Waals surface area contributed by atoms with Crippen LogP contribution in [0.1, 0.15) is 31.1 Å². The first-order valence-corrected chi connectivity index (χ1v) is 6.82. The van der Waals surface area contributed by atoms with Crippen molar-refractivity contribution in [1.29, 1.82) is 0 Å². The number of rotatable bonds is 4. The number of fused-ring (bicyclic) bond motifs is 1. The van der Waals surface area contributed by atoms with Gasteiger partial charge >= 0.3 is 0 Å². The summed E-state index contributed by atoms with van der Waals surface area (Å²) in [6.07, 6.45) is 1.91. The molecule has 2 aromatic rings. The summed E-state index contributed by atoms with van der Waals surface area (Å²) in [5.41, 5.74) is 1.53. The third-order valence-electron chi connectivity index (χ3n) is 3.06. The first kappa shape index (κ1) is 14.6. The van der Waals surface area contributed by atoms with Crippen molar-refractivity contribution >= 4 is 16.8 Å². The molecular weight excluding hydrogens is 252 g/mol. The fraction of sp³-hybridized carbons (Fsp3) is 0.438. The maximum Gasteiger partial charge on any atom is 0.253 e. The van der Waals surface area contributed by atoms with Gasteiger partial charge in [-0.25, -0.2) is 0 Å². The molecule has 0 atom stereocenters. The maximum atomic E-state index is 12.4. The van der Waals surface area contributed by atoms with Gasteiger partial charge in [0.05, 0.1) is 12.2 Å². The molecule has 1 heterocycles. The molecule has 0 aliphatic carbocycles. The second-order valence-corrected chi connectivity index (χ2v) is 5.95. The lowest BCUT2D eigenvalue weighted by molar-refractivity contribution is 0.0921. The quantitative estimate of drug-likeness (QED) is 0.931. The first-order chi connectivity index (χ1) is 9.42. The molecule has 20 heavy (non-hydrogen) atoms. The van der Waals surface area contributed by atoms with Crippen LogP contribution in [-0.4, -0.2) is 29.7 Å². The summed E-state index contributed by atoms with van der Waals surface area (Å²) in [7, 11) is 1.68. The van der Waals surface area contributed by atoms with Crippen LogP contribution in [0.2, 0.25) is 0 Å². The third kappa shape index (κ3) is 3.20. The zero-order chi connectivity index (χ0) is 14.8. The number of carbonyl (C=O) groups is 1. The Morgan fingerprint density at radius 1 is 1.30 bits per heavy atom. The van der Waals surface area contributed by atoms with Crippen molar-refractivity contribution in [1.82, 2.24) is 9.88 Å². The number of aromatic nitrogens is 1. The molecule has 0 radical (unpaired) electrons. The van der Waals surface area contributed by atoms with Gasteiger partial charge in [-0.1, -0.05) is 18.2 Å². The van der Waals surface area contributed by atoms with Crippen molar-refractivity contribution < 1.29 is 9.53 Å². The van der Waals surface area contributed by atoms with E-state index in [-0.39, 0.29) is 11.4 Å². The molecule has 4 nitrogen and oxygen atoms in total. The summed E-state index contributed by atoms with van der Waals surface area (Å²) in [5.74, 6) is -0.0372. The van der Waals surface area contributed by atoms with Crippen molar-refractivity contribution in [3.63, 3.8) is 0 Å². The van der Waals surface area contributed by atoms with E-state index in [1.165, 1.54) is 0 Å². The Bertz CT molecular complexity index is 608. The molecule has 0 bridgehead atoms. The fourth-order valence-corrected chi connectivity index (χ4v) is 2.21. The number of hydrogen-bond acceptors (Lipinski definition) is 2. The highest BCUT2D eigenvalue weighted by Crippen LogP contribution is 2.22. The number of carbonyl (C=O) groups excluding carboxylic acids is 1. The molecule has 0 saturated carbocycles. The van der Waals surface area contributed by atoms with Crippen LogP contribution in [0.15, 0.2) is 30.5 Å². The molecule has 1 aromatic heterocycles. The Hall–Kier alpha value is -1.81. The number of amides is 1. The molecule has 0 fully saturated rings. The molecule has 0 spiro atoms. The highest BCUT2D eigenvalue weighted by Gasteiger charge is 2.19. The summed E-state index contributed by atoms with van der Waals surface area (Å²) in [6.45, 7) is 7.30. The van der Waals surface area contributed by atoms with Gasteiger partial charge < -0.3 is 14.6 Å². The average molecular weight is 274 g/mol. The topological polar surface area (TPSA) is 43.3 Å². The lowest BCUT2D eigenvalue weighted by atomic mass is 10.1. The highest BCUT2D eigenvalue weighted by atomic mass is 16.5. The predicted octanol–water partition coefficient (Wildman–Crippen LogP) is 2.82. The van der Waals surface area contributed by atoms with Gasteiger partial charge in [0, 0.05) is 36.3 Å². The third-order valence-corrected chi connectivity index (χ3v) is 3.06. The molecule has 0 unspecified atom stereocenters. The monoisotopic (exact) mass is 274 g/mol. The van der Waals surface area contributed by atoms with Crippen LogP contribution in [0.4, 0.5) is 0 Å². The molecule has 1 amide bonds. The maximum absolute atomic E-state index is 12.4. The number of benzene rings is 1. The number of hydrogen-bond donors (Lipinski definition) is 1. The molecule has 0 aliphatic heterocycles. The molecular formula is C16H22N2O2. The average Bonchev–Trinajstić information content (AvgIpc) is 2.73. The van der Waals surface area contributed by atoms with E-state index in [0.717, 1.165) is 17.4 Å². The summed E-state index contributed by atoms with van der Waals surface area (Å²) in [5, 5.41) is 3.99. The van der Waals surface area contributed by atoms with Crippen LogP contribution in [0.25, 0.3) is 10.9 Å². The number of para-hydroxylation sites is 1. The van der Waals surface area contributed by atoms with Gasteiger partial charge in [0.15, 0.2) is 0 Å². The first-order valence-electron chi connectivity index (χ1n) is 6.82. The van der Waals surface area contributed by atoms with Crippen molar-refractivity contribution in [2.24, 2.45) is 0 Å². The minimum absolute atomic E-state index is 0.0372. The minimum Gasteiger partial charge on any atom is -0.383 e. The van der Waals surface area contributed by atoms with Gasteiger partial charge in [-0.3, -0.25) is 4.79 Å². The Morgan fingerprint density at radius 3 is 2.65 bits per heavy atom. The van der Waals surface area contributed by atoms with E-state index in [0.29, 0.717) is 12.2 Å². The van der Waals surface area contributed by atoms with Crippen molar-refractivity contribution in [3.8, 4) is 0 Å². The summed E-state index contributed by atoms with van der Waals surface area (Å²) < 4.78 is 7.19. The van der Waals surface area contributed by atoms with Gasteiger partial charge in [-0.05, 0) is 26.8 Å². The van der Waals surface area contributed by atoms with Gasteiger partial charge in [0.2, 0.25) is 0 Å². The zero-order valence-electron chi connectivity index (χ0n) is 12.6. The molecule has 2 rings (SSSR count).